The van der Waals surface area contributed by atoms with Gasteiger partial charge in [0.1, 0.15) is 18.1 Å². The molecule has 182 valence electrons. The van der Waals surface area contributed by atoms with Crippen molar-refractivity contribution in [2.45, 2.75) is 43.4 Å². The largest absolute Gasteiger partial charge is 0.480 e. The first-order chi connectivity index (χ1) is 15.4. The maximum atomic E-state index is 12.9. The van der Waals surface area contributed by atoms with E-state index in [0.717, 1.165) is 0 Å². The number of nitrogens with two attached hydrogens (primary N) is 3. The van der Waals surface area contributed by atoms with Gasteiger partial charge in [-0.3, -0.25) is 24.0 Å². The molecule has 1 rings (SSSR count). The number of amides is 5. The molecule has 1 aromatic rings. The zero-order chi connectivity index (χ0) is 25.1. The maximum absolute atomic E-state index is 12.9. The molecule has 1 aromatic heterocycles. The molecule has 5 amide bonds. The summed E-state index contributed by atoms with van der Waals surface area (Å²) in [5.41, 5.74) is 16.2. The van der Waals surface area contributed by atoms with Crippen LogP contribution in [0.3, 0.4) is 0 Å². The topological polar surface area (TPSA) is 265 Å². The minimum absolute atomic E-state index is 0.00657. The molecule has 0 bridgehead atoms. The summed E-state index contributed by atoms with van der Waals surface area (Å²) in [6.45, 7) is 0. The highest BCUT2D eigenvalue weighted by Gasteiger charge is 2.32. The van der Waals surface area contributed by atoms with Crippen molar-refractivity contribution in [3.05, 3.63) is 18.2 Å². The maximum Gasteiger partial charge on any atom is 0.326 e. The number of carboxylic acids is 1. The van der Waals surface area contributed by atoms with E-state index in [0.29, 0.717) is 5.69 Å². The van der Waals surface area contributed by atoms with Crippen LogP contribution in [0, 0.1) is 0 Å². The zero-order valence-corrected chi connectivity index (χ0v) is 18.2. The van der Waals surface area contributed by atoms with E-state index in [1.807, 2.05) is 5.32 Å². The molecule has 4 atom stereocenters. The average Bonchev–Trinajstić information content (AvgIpc) is 3.23. The lowest BCUT2D eigenvalue weighted by Gasteiger charge is -2.24. The van der Waals surface area contributed by atoms with E-state index >= 15 is 0 Å². The number of aliphatic carboxylic acids is 1. The third-order valence-electron chi connectivity index (χ3n) is 4.20. The van der Waals surface area contributed by atoms with Crippen molar-refractivity contribution in [3.63, 3.8) is 0 Å². The minimum Gasteiger partial charge on any atom is -0.480 e. The summed E-state index contributed by atoms with van der Waals surface area (Å²) in [4.78, 5) is 77.9. The predicted octanol–water partition coefficient (Wildman–Crippen LogP) is -4.50. The quantitative estimate of drug-likeness (QED) is 0.114. The Labute approximate surface area is 193 Å². The Morgan fingerprint density at radius 2 is 1.45 bits per heavy atom. The molecule has 33 heavy (non-hydrogen) atoms. The Morgan fingerprint density at radius 1 is 0.939 bits per heavy atom. The fraction of sp³-hybridized carbons (Fsp3) is 0.471. The van der Waals surface area contributed by atoms with Gasteiger partial charge in [-0.05, 0) is 0 Å². The van der Waals surface area contributed by atoms with Crippen molar-refractivity contribution in [1.29, 1.82) is 0 Å². The standard InChI is InChI=1S/C17H26N8O7S/c18-8(5-33)14(28)23-9(1-7-4-21-6-22-7)15(29)24-10(2-12(19)26)16(30)25-11(17(31)32)3-13(20)27/h4,6,8-11,33H,1-3,5,18H2,(H2,19,26)(H2,20,27)(H,21,22)(H,23,28)(H,24,29)(H,25,30)(H,31,32). The average molecular weight is 487 g/mol. The van der Waals surface area contributed by atoms with Gasteiger partial charge in [0.05, 0.1) is 25.2 Å². The highest BCUT2D eigenvalue weighted by molar-refractivity contribution is 7.80. The number of hydrogen-bond donors (Lipinski definition) is 9. The monoisotopic (exact) mass is 486 g/mol. The van der Waals surface area contributed by atoms with Crippen molar-refractivity contribution in [1.82, 2.24) is 25.9 Å². The smallest absolute Gasteiger partial charge is 0.326 e. The van der Waals surface area contributed by atoms with E-state index in [1.54, 1.807) is 0 Å². The van der Waals surface area contributed by atoms with Gasteiger partial charge in [0.25, 0.3) is 0 Å². The second-order valence-electron chi connectivity index (χ2n) is 6.93. The number of nitrogens with one attached hydrogen (secondary N) is 4. The second kappa shape index (κ2) is 13.0. The fourth-order valence-corrected chi connectivity index (χ4v) is 2.71. The highest BCUT2D eigenvalue weighted by Crippen LogP contribution is 2.03. The SMILES string of the molecule is NC(=O)CC(NC(=O)C(CC(N)=O)NC(=O)C(Cc1cnc[nH]1)NC(=O)C(N)CS)C(=O)O. The van der Waals surface area contributed by atoms with Gasteiger partial charge >= 0.3 is 5.97 Å². The van der Waals surface area contributed by atoms with E-state index in [2.05, 4.69) is 33.2 Å². The lowest BCUT2D eigenvalue weighted by Crippen LogP contribution is -2.58. The molecule has 0 aromatic carbocycles. The minimum atomic E-state index is -1.70. The third kappa shape index (κ3) is 9.56. The first-order valence-corrected chi connectivity index (χ1v) is 10.1. The van der Waals surface area contributed by atoms with Crippen LogP contribution < -0.4 is 33.2 Å². The van der Waals surface area contributed by atoms with Gasteiger partial charge in [0.15, 0.2) is 0 Å². The van der Waals surface area contributed by atoms with E-state index in [4.69, 9.17) is 22.3 Å². The number of aromatic nitrogens is 2. The van der Waals surface area contributed by atoms with Crippen LogP contribution in [0.2, 0.25) is 0 Å². The number of thiol groups is 1. The molecule has 0 aliphatic carbocycles. The number of rotatable bonds is 14. The number of carboxylic acid groups (broad SMARTS) is 1. The van der Waals surface area contributed by atoms with Crippen molar-refractivity contribution < 1.29 is 33.9 Å². The Kier molecular flexibility index (Phi) is 10.8. The molecular formula is C17H26N8O7S. The van der Waals surface area contributed by atoms with Gasteiger partial charge in [-0.2, -0.15) is 12.6 Å². The van der Waals surface area contributed by atoms with Gasteiger partial charge in [-0.25, -0.2) is 9.78 Å². The van der Waals surface area contributed by atoms with E-state index in [-0.39, 0.29) is 12.2 Å². The Morgan fingerprint density at radius 3 is 1.94 bits per heavy atom. The Hall–Kier alpha value is -3.66. The van der Waals surface area contributed by atoms with Gasteiger partial charge in [0, 0.05) is 24.1 Å². The van der Waals surface area contributed by atoms with E-state index < -0.39 is 72.5 Å². The lowest BCUT2D eigenvalue weighted by atomic mass is 10.1. The molecule has 15 nitrogen and oxygen atoms in total. The van der Waals surface area contributed by atoms with Crippen LogP contribution in [0.15, 0.2) is 12.5 Å². The zero-order valence-electron chi connectivity index (χ0n) is 17.3. The summed E-state index contributed by atoms with van der Waals surface area (Å²) in [5.74, 6) is -6.25. The van der Waals surface area contributed by atoms with Crippen LogP contribution in [0.5, 0.6) is 0 Å². The molecule has 11 N–H and O–H groups in total. The Bertz CT molecular complexity index is 879. The van der Waals surface area contributed by atoms with Crippen LogP contribution in [0.1, 0.15) is 18.5 Å². The number of carbonyl (C=O) groups is 6. The third-order valence-corrected chi connectivity index (χ3v) is 4.60. The van der Waals surface area contributed by atoms with Gasteiger partial charge in [0.2, 0.25) is 29.5 Å². The van der Waals surface area contributed by atoms with Crippen molar-refractivity contribution in [3.8, 4) is 0 Å². The van der Waals surface area contributed by atoms with Gasteiger partial charge in [-0.1, -0.05) is 0 Å². The number of imidazole rings is 1. The lowest BCUT2D eigenvalue weighted by molar-refractivity contribution is -0.144. The normalized spacial score (nSPS) is 14.2. The number of primary amides is 2. The number of nitrogens with zero attached hydrogens (tertiary/aromatic N) is 1. The molecule has 0 aliphatic rings. The molecule has 0 saturated heterocycles. The van der Waals surface area contributed by atoms with Crippen molar-refractivity contribution >= 4 is 48.1 Å². The fourth-order valence-electron chi connectivity index (χ4n) is 2.54. The summed E-state index contributed by atoms with van der Waals surface area (Å²) in [5, 5.41) is 15.8. The summed E-state index contributed by atoms with van der Waals surface area (Å²) >= 11 is 3.92. The van der Waals surface area contributed by atoms with Crippen LogP contribution >= 0.6 is 12.6 Å². The molecule has 0 aliphatic heterocycles. The molecule has 0 radical (unpaired) electrons. The summed E-state index contributed by atoms with van der Waals surface area (Å²) in [7, 11) is 0. The summed E-state index contributed by atoms with van der Waals surface area (Å²) in [6.07, 6.45) is 1.25. The van der Waals surface area contributed by atoms with E-state index in [9.17, 15) is 28.8 Å². The Balaban J connectivity index is 3.05. The molecule has 0 fully saturated rings. The predicted molar refractivity (Wildman–Crippen MR) is 115 cm³/mol. The van der Waals surface area contributed by atoms with Crippen LogP contribution in [-0.2, 0) is 35.2 Å². The van der Waals surface area contributed by atoms with Crippen LogP contribution in [0.25, 0.3) is 0 Å². The molecule has 0 saturated carbocycles. The number of carbonyl (C=O) groups excluding carboxylic acids is 5. The second-order valence-corrected chi connectivity index (χ2v) is 7.30. The highest BCUT2D eigenvalue weighted by atomic mass is 32.1. The van der Waals surface area contributed by atoms with Crippen LogP contribution in [-0.4, -0.2) is 80.5 Å². The van der Waals surface area contributed by atoms with Crippen molar-refractivity contribution in [2.75, 3.05) is 5.75 Å². The molecule has 1 heterocycles. The van der Waals surface area contributed by atoms with Gasteiger partial charge < -0.3 is 43.2 Å². The molecule has 4 unspecified atom stereocenters. The number of H-pyrrole nitrogens is 1. The van der Waals surface area contributed by atoms with E-state index in [1.165, 1.54) is 12.5 Å². The number of aromatic amines is 1. The first kappa shape index (κ1) is 27.4. The molecule has 0 spiro atoms. The first-order valence-electron chi connectivity index (χ1n) is 9.48. The van der Waals surface area contributed by atoms with Crippen molar-refractivity contribution in [2.24, 2.45) is 17.2 Å². The summed E-state index contributed by atoms with van der Waals surface area (Å²) < 4.78 is 0. The molecule has 16 heteroatoms. The van der Waals surface area contributed by atoms with Crippen LogP contribution in [0.4, 0.5) is 0 Å². The number of hydrogen-bond acceptors (Lipinski definition) is 9. The van der Waals surface area contributed by atoms with Gasteiger partial charge in [-0.15, -0.1) is 0 Å². The molecular weight excluding hydrogens is 460 g/mol. The summed E-state index contributed by atoms with van der Waals surface area (Å²) in [6, 6.07) is -5.59.